The highest BCUT2D eigenvalue weighted by Crippen LogP contribution is 2.30. The molecule has 17 heavy (non-hydrogen) atoms. The van der Waals surface area contributed by atoms with Crippen LogP contribution in [0.25, 0.3) is 5.57 Å². The van der Waals surface area contributed by atoms with E-state index in [2.05, 4.69) is 36.5 Å². The molecule has 1 aromatic rings. The largest absolute Gasteiger partial charge is 0.504 e. The van der Waals surface area contributed by atoms with Crippen LogP contribution in [0.2, 0.25) is 0 Å². The van der Waals surface area contributed by atoms with Crippen molar-refractivity contribution in [3.8, 4) is 0 Å². The van der Waals surface area contributed by atoms with Crippen LogP contribution in [0.1, 0.15) is 24.0 Å². The van der Waals surface area contributed by atoms with Gasteiger partial charge in [0.05, 0.1) is 13.4 Å². The number of ether oxygens (including phenoxy) is 1. The molecule has 1 aliphatic heterocycles. The first-order valence-corrected chi connectivity index (χ1v) is 6.32. The molecule has 1 heterocycles. The van der Waals surface area contributed by atoms with Crippen molar-refractivity contribution in [2.24, 2.45) is 5.92 Å². The van der Waals surface area contributed by atoms with Gasteiger partial charge in [0.15, 0.2) is 0 Å². The second kappa shape index (κ2) is 5.87. The van der Waals surface area contributed by atoms with Gasteiger partial charge in [0, 0.05) is 0 Å². The molecule has 1 N–H and O–H groups in total. The van der Waals surface area contributed by atoms with Crippen LogP contribution in [0.5, 0.6) is 0 Å². The Hall–Kier alpha value is -1.28. The number of piperidine rings is 1. The third-order valence-corrected chi connectivity index (χ3v) is 3.41. The zero-order valence-corrected chi connectivity index (χ0v) is 10.7. The Morgan fingerprint density at radius 3 is 2.47 bits per heavy atom. The van der Waals surface area contributed by atoms with Crippen LogP contribution < -0.4 is 5.32 Å². The van der Waals surface area contributed by atoms with Gasteiger partial charge in [0.1, 0.15) is 0 Å². The Morgan fingerprint density at radius 1 is 1.24 bits per heavy atom. The van der Waals surface area contributed by atoms with Crippen molar-refractivity contribution in [2.75, 3.05) is 20.2 Å². The molecular formula is C15H21NO. The van der Waals surface area contributed by atoms with Gasteiger partial charge in [0.25, 0.3) is 0 Å². The minimum Gasteiger partial charge on any atom is -0.504 e. The van der Waals surface area contributed by atoms with E-state index in [1.165, 1.54) is 29.5 Å². The van der Waals surface area contributed by atoms with Gasteiger partial charge in [-0.3, -0.25) is 0 Å². The highest BCUT2D eigenvalue weighted by molar-refractivity contribution is 5.66. The molecule has 0 aliphatic carbocycles. The van der Waals surface area contributed by atoms with Crippen molar-refractivity contribution in [1.29, 1.82) is 0 Å². The molecule has 1 aromatic carbocycles. The van der Waals surface area contributed by atoms with Crippen molar-refractivity contribution in [3.63, 3.8) is 0 Å². The summed E-state index contributed by atoms with van der Waals surface area (Å²) in [6, 6.07) is 8.73. The van der Waals surface area contributed by atoms with Gasteiger partial charge in [-0.05, 0) is 49.9 Å². The zero-order valence-electron chi connectivity index (χ0n) is 10.7. The average molecular weight is 231 g/mol. The predicted molar refractivity (Wildman–Crippen MR) is 71.8 cm³/mol. The van der Waals surface area contributed by atoms with Crippen molar-refractivity contribution in [2.45, 2.75) is 19.8 Å². The van der Waals surface area contributed by atoms with Gasteiger partial charge in [-0.15, -0.1) is 0 Å². The summed E-state index contributed by atoms with van der Waals surface area (Å²) in [5, 5.41) is 3.40. The summed E-state index contributed by atoms with van der Waals surface area (Å²) >= 11 is 0. The van der Waals surface area contributed by atoms with Crippen LogP contribution >= 0.6 is 0 Å². The molecule has 0 amide bonds. The summed E-state index contributed by atoms with van der Waals surface area (Å²) in [6.45, 7) is 4.34. The van der Waals surface area contributed by atoms with Crippen LogP contribution in [0, 0.1) is 12.8 Å². The summed E-state index contributed by atoms with van der Waals surface area (Å²) in [5.41, 5.74) is 3.94. The maximum Gasteiger partial charge on any atom is 0.0865 e. The highest BCUT2D eigenvalue weighted by atomic mass is 16.5. The Kier molecular flexibility index (Phi) is 4.21. The molecule has 1 fully saturated rings. The number of nitrogens with one attached hydrogen (secondary N) is 1. The van der Waals surface area contributed by atoms with Crippen molar-refractivity contribution in [3.05, 3.63) is 41.7 Å². The van der Waals surface area contributed by atoms with E-state index in [4.69, 9.17) is 4.74 Å². The average Bonchev–Trinajstić information content (AvgIpc) is 2.38. The highest BCUT2D eigenvalue weighted by Gasteiger charge is 2.19. The third kappa shape index (κ3) is 3.10. The minimum atomic E-state index is 0.624. The molecule has 2 rings (SSSR count). The summed E-state index contributed by atoms with van der Waals surface area (Å²) < 4.78 is 5.26. The molecule has 0 radical (unpaired) electrons. The molecule has 0 aromatic heterocycles. The second-order valence-corrected chi connectivity index (χ2v) is 4.70. The number of rotatable bonds is 3. The van der Waals surface area contributed by atoms with E-state index in [0.717, 1.165) is 13.1 Å². The lowest BCUT2D eigenvalue weighted by Gasteiger charge is -2.25. The minimum absolute atomic E-state index is 0.624. The number of hydrogen-bond donors (Lipinski definition) is 1. The van der Waals surface area contributed by atoms with Crippen LogP contribution in [-0.4, -0.2) is 20.2 Å². The maximum absolute atomic E-state index is 5.26. The fourth-order valence-electron chi connectivity index (χ4n) is 2.41. The monoisotopic (exact) mass is 231 g/mol. The number of benzene rings is 1. The number of methoxy groups -OCH3 is 1. The molecule has 92 valence electrons. The van der Waals surface area contributed by atoms with Crippen molar-refractivity contribution >= 4 is 5.57 Å². The molecule has 1 saturated heterocycles. The fraction of sp³-hybridized carbons (Fsp3) is 0.467. The van der Waals surface area contributed by atoms with Crippen LogP contribution in [0.4, 0.5) is 0 Å². The van der Waals surface area contributed by atoms with E-state index >= 15 is 0 Å². The van der Waals surface area contributed by atoms with Crippen LogP contribution in [0.15, 0.2) is 30.5 Å². The topological polar surface area (TPSA) is 21.3 Å². The smallest absolute Gasteiger partial charge is 0.0865 e. The number of allylic oxidation sites excluding steroid dienone is 1. The van der Waals surface area contributed by atoms with E-state index in [9.17, 15) is 0 Å². The molecular weight excluding hydrogens is 210 g/mol. The molecule has 2 nitrogen and oxygen atoms in total. The summed E-state index contributed by atoms with van der Waals surface area (Å²) in [7, 11) is 1.73. The first kappa shape index (κ1) is 12.2. The van der Waals surface area contributed by atoms with Gasteiger partial charge in [-0.1, -0.05) is 29.8 Å². The summed E-state index contributed by atoms with van der Waals surface area (Å²) in [4.78, 5) is 0. The SMILES string of the molecule is COC=C(c1ccc(C)cc1)C1CCNCC1. The van der Waals surface area contributed by atoms with E-state index in [-0.39, 0.29) is 0 Å². The summed E-state index contributed by atoms with van der Waals surface area (Å²) in [6.07, 6.45) is 4.31. The van der Waals surface area contributed by atoms with Gasteiger partial charge >= 0.3 is 0 Å². The van der Waals surface area contributed by atoms with E-state index in [1.54, 1.807) is 7.11 Å². The molecule has 0 unspecified atom stereocenters. The Morgan fingerprint density at radius 2 is 1.88 bits per heavy atom. The molecule has 1 aliphatic rings. The van der Waals surface area contributed by atoms with Gasteiger partial charge in [-0.25, -0.2) is 0 Å². The van der Waals surface area contributed by atoms with E-state index < -0.39 is 0 Å². The molecule has 0 spiro atoms. The Bertz CT molecular complexity index is 374. The lowest BCUT2D eigenvalue weighted by atomic mass is 9.86. The lowest BCUT2D eigenvalue weighted by molar-refractivity contribution is 0.333. The number of aryl methyl sites for hydroxylation is 1. The molecule has 0 atom stereocenters. The zero-order chi connectivity index (χ0) is 12.1. The second-order valence-electron chi connectivity index (χ2n) is 4.70. The molecule has 0 bridgehead atoms. The Balaban J connectivity index is 2.22. The van der Waals surface area contributed by atoms with Gasteiger partial charge < -0.3 is 10.1 Å². The maximum atomic E-state index is 5.26. The standard InChI is InChI=1S/C15H21NO/c1-12-3-5-13(6-4-12)15(11-17-2)14-7-9-16-10-8-14/h3-6,11,14,16H,7-10H2,1-2H3. The van der Waals surface area contributed by atoms with Gasteiger partial charge in [0.2, 0.25) is 0 Å². The normalized spacial score (nSPS) is 18.1. The first-order valence-electron chi connectivity index (χ1n) is 6.32. The lowest BCUT2D eigenvalue weighted by Crippen LogP contribution is -2.28. The van der Waals surface area contributed by atoms with Crippen molar-refractivity contribution < 1.29 is 4.74 Å². The van der Waals surface area contributed by atoms with Crippen LogP contribution in [0.3, 0.4) is 0 Å². The fourth-order valence-corrected chi connectivity index (χ4v) is 2.41. The predicted octanol–water partition coefficient (Wildman–Crippen LogP) is 2.98. The van der Waals surface area contributed by atoms with Crippen molar-refractivity contribution in [1.82, 2.24) is 5.32 Å². The van der Waals surface area contributed by atoms with E-state index in [0.29, 0.717) is 5.92 Å². The first-order chi connectivity index (χ1) is 8.31. The molecule has 2 heteroatoms. The van der Waals surface area contributed by atoms with Crippen LogP contribution in [-0.2, 0) is 4.74 Å². The van der Waals surface area contributed by atoms with E-state index in [1.807, 2.05) is 6.26 Å². The number of hydrogen-bond acceptors (Lipinski definition) is 2. The van der Waals surface area contributed by atoms with Gasteiger partial charge in [-0.2, -0.15) is 0 Å². The Labute approximate surface area is 104 Å². The molecule has 0 saturated carbocycles. The third-order valence-electron chi connectivity index (χ3n) is 3.41. The quantitative estimate of drug-likeness (QED) is 0.807. The summed E-state index contributed by atoms with van der Waals surface area (Å²) in [5.74, 6) is 0.624.